The van der Waals surface area contributed by atoms with Crippen molar-refractivity contribution in [2.45, 2.75) is 25.8 Å². The molecule has 3 rings (SSSR count). The van der Waals surface area contributed by atoms with Crippen LogP contribution in [-0.4, -0.2) is 47.5 Å². The Morgan fingerprint density at radius 3 is 2.57 bits per heavy atom. The highest BCUT2D eigenvalue weighted by Crippen LogP contribution is 2.23. The van der Waals surface area contributed by atoms with Gasteiger partial charge in [-0.25, -0.2) is 4.79 Å². The molecule has 0 bridgehead atoms. The normalized spacial score (nSPS) is 16.4. The minimum absolute atomic E-state index is 0.0538. The van der Waals surface area contributed by atoms with Crippen LogP contribution < -0.4 is 10.1 Å². The van der Waals surface area contributed by atoms with E-state index in [0.717, 1.165) is 16.9 Å². The average molecular weight is 382 g/mol. The van der Waals surface area contributed by atoms with Crippen molar-refractivity contribution >= 4 is 23.5 Å². The predicted molar refractivity (Wildman–Crippen MR) is 104 cm³/mol. The molecule has 2 aromatic rings. The molecule has 1 aliphatic heterocycles. The Labute approximate surface area is 162 Å². The molecule has 7 nitrogen and oxygen atoms in total. The maximum atomic E-state index is 12.7. The first-order valence-corrected chi connectivity index (χ1v) is 8.96. The number of hydrogen-bond donors (Lipinski definition) is 2. The molecule has 0 aliphatic carbocycles. The van der Waals surface area contributed by atoms with Crippen LogP contribution in [0.5, 0.6) is 5.75 Å². The lowest BCUT2D eigenvalue weighted by Gasteiger charge is -2.17. The molecule has 1 saturated heterocycles. The van der Waals surface area contributed by atoms with E-state index < -0.39 is 12.0 Å². The molecular weight excluding hydrogens is 360 g/mol. The molecule has 0 spiro atoms. The van der Waals surface area contributed by atoms with E-state index in [1.54, 1.807) is 13.2 Å². The fourth-order valence-corrected chi connectivity index (χ4v) is 3.16. The van der Waals surface area contributed by atoms with Gasteiger partial charge in [-0.3, -0.25) is 14.5 Å². The van der Waals surface area contributed by atoms with Crippen LogP contribution in [0.25, 0.3) is 0 Å². The molecule has 2 N–H and O–H groups in total. The van der Waals surface area contributed by atoms with E-state index in [4.69, 9.17) is 9.84 Å². The van der Waals surface area contributed by atoms with Gasteiger partial charge in [-0.1, -0.05) is 18.2 Å². The van der Waals surface area contributed by atoms with Crippen molar-refractivity contribution in [1.29, 1.82) is 0 Å². The van der Waals surface area contributed by atoms with E-state index in [1.165, 1.54) is 17.0 Å². The number of rotatable bonds is 7. The second-order valence-corrected chi connectivity index (χ2v) is 6.72. The molecule has 0 aromatic heterocycles. The number of amides is 2. The molecule has 0 saturated carbocycles. The summed E-state index contributed by atoms with van der Waals surface area (Å²) >= 11 is 0. The van der Waals surface area contributed by atoms with E-state index in [1.807, 2.05) is 31.2 Å². The highest BCUT2D eigenvalue weighted by atomic mass is 16.5. The lowest BCUT2D eigenvalue weighted by molar-refractivity contribution is -0.138. The summed E-state index contributed by atoms with van der Waals surface area (Å²) in [5, 5.41) is 12.2. The number of carbonyl (C=O) groups is 3. The summed E-state index contributed by atoms with van der Waals surface area (Å²) in [6, 6.07) is 11.5. The van der Waals surface area contributed by atoms with Crippen LogP contribution in [0, 0.1) is 6.92 Å². The van der Waals surface area contributed by atoms with Crippen LogP contribution >= 0.6 is 0 Å². The van der Waals surface area contributed by atoms with Crippen LogP contribution in [0.1, 0.15) is 27.9 Å². The third kappa shape index (κ3) is 4.14. The van der Waals surface area contributed by atoms with E-state index in [0.29, 0.717) is 18.7 Å². The topological polar surface area (TPSA) is 95.9 Å². The van der Waals surface area contributed by atoms with Gasteiger partial charge in [0.1, 0.15) is 11.8 Å². The van der Waals surface area contributed by atoms with Crippen molar-refractivity contribution in [3.05, 3.63) is 59.2 Å². The smallest absolute Gasteiger partial charge is 0.335 e. The second kappa shape index (κ2) is 8.12. The molecule has 1 heterocycles. The molecule has 2 aromatic carbocycles. The fourth-order valence-electron chi connectivity index (χ4n) is 3.16. The zero-order valence-electron chi connectivity index (χ0n) is 15.8. The van der Waals surface area contributed by atoms with E-state index in [-0.39, 0.29) is 23.8 Å². The maximum Gasteiger partial charge on any atom is 0.335 e. The van der Waals surface area contributed by atoms with Crippen molar-refractivity contribution in [3.8, 4) is 5.75 Å². The third-order valence-corrected chi connectivity index (χ3v) is 4.84. The van der Waals surface area contributed by atoms with Crippen LogP contribution in [-0.2, 0) is 16.0 Å². The summed E-state index contributed by atoms with van der Waals surface area (Å²) in [6.45, 7) is 2.12. The molecule has 2 amide bonds. The number of nitrogens with one attached hydrogen (secondary N) is 1. The third-order valence-electron chi connectivity index (χ3n) is 4.84. The Morgan fingerprint density at radius 2 is 1.93 bits per heavy atom. The molecule has 1 atom stereocenters. The largest absolute Gasteiger partial charge is 0.497 e. The first-order chi connectivity index (χ1) is 13.4. The van der Waals surface area contributed by atoms with Gasteiger partial charge >= 0.3 is 5.97 Å². The van der Waals surface area contributed by atoms with E-state index in [2.05, 4.69) is 5.32 Å². The summed E-state index contributed by atoms with van der Waals surface area (Å²) in [5.41, 5.74) is 2.48. The Balaban J connectivity index is 1.66. The number of aromatic carboxylic acids is 1. The number of ether oxygens (including phenoxy) is 1. The van der Waals surface area contributed by atoms with Crippen molar-refractivity contribution in [3.63, 3.8) is 0 Å². The average Bonchev–Trinajstić information content (AvgIpc) is 2.95. The van der Waals surface area contributed by atoms with E-state index >= 15 is 0 Å². The minimum Gasteiger partial charge on any atom is -0.497 e. The number of methoxy groups -OCH3 is 1. The Hall–Kier alpha value is -3.35. The number of imide groups is 1. The number of benzene rings is 2. The van der Waals surface area contributed by atoms with Crippen LogP contribution in [0.3, 0.4) is 0 Å². The van der Waals surface area contributed by atoms with Gasteiger partial charge in [0.25, 0.3) is 5.91 Å². The Bertz CT molecular complexity index is 908. The summed E-state index contributed by atoms with van der Waals surface area (Å²) < 4.78 is 5.12. The highest BCUT2D eigenvalue weighted by molar-refractivity contribution is 6.07. The lowest BCUT2D eigenvalue weighted by Crippen LogP contribution is -2.36. The number of aryl methyl sites for hydroxylation is 1. The van der Waals surface area contributed by atoms with Crippen LogP contribution in [0.15, 0.2) is 42.5 Å². The van der Waals surface area contributed by atoms with E-state index in [9.17, 15) is 14.4 Å². The standard InChI is InChI=1S/C21H22N2O5/c1-13-3-6-15(21(26)27)11-17(13)22-18-12-19(24)23(20(18)25)10-9-14-4-7-16(28-2)8-5-14/h3-8,11,18,22H,9-10,12H2,1-2H3,(H,26,27). The van der Waals surface area contributed by atoms with Gasteiger partial charge in [-0.15, -0.1) is 0 Å². The van der Waals surface area contributed by atoms with Crippen molar-refractivity contribution < 1.29 is 24.2 Å². The predicted octanol–water partition coefficient (Wildman–Crippen LogP) is 2.48. The first-order valence-electron chi connectivity index (χ1n) is 8.96. The minimum atomic E-state index is -1.04. The monoisotopic (exact) mass is 382 g/mol. The van der Waals surface area contributed by atoms with Gasteiger partial charge in [0.05, 0.1) is 19.1 Å². The molecule has 1 unspecified atom stereocenters. The number of anilines is 1. The number of likely N-dealkylation sites (tertiary alicyclic amines) is 1. The zero-order chi connectivity index (χ0) is 20.3. The number of carboxylic acid groups (broad SMARTS) is 1. The number of carboxylic acids is 1. The summed E-state index contributed by atoms with van der Waals surface area (Å²) in [4.78, 5) is 37.4. The van der Waals surface area contributed by atoms with Gasteiger partial charge in [-0.2, -0.15) is 0 Å². The van der Waals surface area contributed by atoms with Gasteiger partial charge in [-0.05, 0) is 48.7 Å². The first kappa shape index (κ1) is 19.4. The maximum absolute atomic E-state index is 12.7. The van der Waals surface area contributed by atoms with Gasteiger partial charge < -0.3 is 15.2 Å². The van der Waals surface area contributed by atoms with Crippen molar-refractivity contribution in [2.75, 3.05) is 19.0 Å². The fraction of sp³-hybridized carbons (Fsp3) is 0.286. The Kier molecular flexibility index (Phi) is 5.63. The van der Waals surface area contributed by atoms with Crippen molar-refractivity contribution in [1.82, 2.24) is 4.90 Å². The van der Waals surface area contributed by atoms with Crippen LogP contribution in [0.4, 0.5) is 5.69 Å². The molecule has 7 heteroatoms. The Morgan fingerprint density at radius 1 is 1.21 bits per heavy atom. The van der Waals surface area contributed by atoms with Gasteiger partial charge in [0, 0.05) is 12.2 Å². The summed E-state index contributed by atoms with van der Waals surface area (Å²) in [7, 11) is 1.59. The van der Waals surface area contributed by atoms with Crippen LogP contribution in [0.2, 0.25) is 0 Å². The molecule has 146 valence electrons. The second-order valence-electron chi connectivity index (χ2n) is 6.72. The number of hydrogen-bond acceptors (Lipinski definition) is 5. The highest BCUT2D eigenvalue weighted by Gasteiger charge is 2.38. The quantitative estimate of drug-likeness (QED) is 0.715. The molecule has 0 radical (unpaired) electrons. The van der Waals surface area contributed by atoms with Gasteiger partial charge in [0.15, 0.2) is 0 Å². The number of carbonyl (C=O) groups excluding carboxylic acids is 2. The lowest BCUT2D eigenvalue weighted by atomic mass is 10.1. The van der Waals surface area contributed by atoms with Gasteiger partial charge in [0.2, 0.25) is 5.91 Å². The molecule has 1 fully saturated rings. The van der Waals surface area contributed by atoms with Crippen molar-refractivity contribution in [2.24, 2.45) is 0 Å². The molecule has 1 aliphatic rings. The molecular formula is C21H22N2O5. The summed E-state index contributed by atoms with van der Waals surface area (Å²) in [5.74, 6) is -0.819. The summed E-state index contributed by atoms with van der Waals surface area (Å²) in [6.07, 6.45) is 0.611. The SMILES string of the molecule is COc1ccc(CCN2C(=O)CC(Nc3cc(C(=O)O)ccc3C)C2=O)cc1. The number of nitrogens with zero attached hydrogens (tertiary/aromatic N) is 1. The zero-order valence-corrected chi connectivity index (χ0v) is 15.8. The molecule has 28 heavy (non-hydrogen) atoms.